The maximum absolute atomic E-state index is 4.00. The van der Waals surface area contributed by atoms with Crippen LogP contribution in [-0.4, -0.2) is 17.5 Å². The van der Waals surface area contributed by atoms with E-state index in [4.69, 9.17) is 0 Å². The highest BCUT2D eigenvalue weighted by Gasteiger charge is 2.38. The smallest absolute Gasteiger partial charge is 0.0351 e. The second kappa shape index (κ2) is 5.49. The summed E-state index contributed by atoms with van der Waals surface area (Å²) in [6, 6.07) is 12.3. The summed E-state index contributed by atoms with van der Waals surface area (Å²) in [7, 11) is 0. The standard InChI is InChI=1S/C17H25NS/c1-17(2)10-11-19-12-15(17)18-16(14-8-9-14)13-6-4-3-5-7-13/h3-7,14-16,18H,8-12H2,1-2H3. The van der Waals surface area contributed by atoms with Gasteiger partial charge in [-0.05, 0) is 41.9 Å². The van der Waals surface area contributed by atoms with E-state index in [1.165, 1.54) is 36.3 Å². The molecule has 1 aromatic carbocycles. The van der Waals surface area contributed by atoms with Crippen molar-refractivity contribution in [1.82, 2.24) is 5.32 Å². The highest BCUT2D eigenvalue weighted by Crippen LogP contribution is 2.43. The molecule has 0 aromatic heterocycles. The lowest BCUT2D eigenvalue weighted by Gasteiger charge is -2.41. The van der Waals surface area contributed by atoms with E-state index < -0.39 is 0 Å². The van der Waals surface area contributed by atoms with E-state index in [0.717, 1.165) is 5.92 Å². The molecule has 3 rings (SSSR count). The molecule has 2 heteroatoms. The Morgan fingerprint density at radius 1 is 1.21 bits per heavy atom. The van der Waals surface area contributed by atoms with Crippen LogP contribution in [-0.2, 0) is 0 Å². The summed E-state index contributed by atoms with van der Waals surface area (Å²) in [5, 5.41) is 4.00. The molecule has 2 fully saturated rings. The van der Waals surface area contributed by atoms with Crippen LogP contribution < -0.4 is 5.32 Å². The Bertz CT molecular complexity index is 411. The first kappa shape index (κ1) is 13.5. The zero-order chi connectivity index (χ0) is 13.3. The molecule has 2 aliphatic rings. The third-order valence-corrected chi connectivity index (χ3v) is 5.81. The van der Waals surface area contributed by atoms with Crippen LogP contribution in [0.3, 0.4) is 0 Å². The quantitative estimate of drug-likeness (QED) is 0.881. The van der Waals surface area contributed by atoms with Crippen molar-refractivity contribution in [3.63, 3.8) is 0 Å². The second-order valence-corrected chi connectivity index (χ2v) is 7.91. The van der Waals surface area contributed by atoms with Crippen molar-refractivity contribution in [3.05, 3.63) is 35.9 Å². The average molecular weight is 275 g/mol. The minimum absolute atomic E-state index is 0.438. The predicted molar refractivity (Wildman–Crippen MR) is 84.6 cm³/mol. The second-order valence-electron chi connectivity index (χ2n) is 6.76. The van der Waals surface area contributed by atoms with E-state index in [9.17, 15) is 0 Å². The molecule has 0 spiro atoms. The van der Waals surface area contributed by atoms with Crippen LogP contribution in [0.1, 0.15) is 44.7 Å². The van der Waals surface area contributed by atoms with E-state index in [2.05, 4.69) is 61.3 Å². The van der Waals surface area contributed by atoms with Gasteiger partial charge >= 0.3 is 0 Å². The van der Waals surface area contributed by atoms with Crippen LogP contribution in [0.4, 0.5) is 0 Å². The summed E-state index contributed by atoms with van der Waals surface area (Å²) in [6.07, 6.45) is 4.13. The highest BCUT2D eigenvalue weighted by atomic mass is 32.2. The van der Waals surface area contributed by atoms with Crippen molar-refractivity contribution < 1.29 is 0 Å². The lowest BCUT2D eigenvalue weighted by Crippen LogP contribution is -2.48. The van der Waals surface area contributed by atoms with Gasteiger partial charge in [0.15, 0.2) is 0 Å². The molecule has 1 nitrogen and oxygen atoms in total. The lowest BCUT2D eigenvalue weighted by molar-refractivity contribution is 0.221. The topological polar surface area (TPSA) is 12.0 Å². The van der Waals surface area contributed by atoms with Gasteiger partial charge in [-0.3, -0.25) is 0 Å². The van der Waals surface area contributed by atoms with Gasteiger partial charge < -0.3 is 5.32 Å². The van der Waals surface area contributed by atoms with E-state index in [0.29, 0.717) is 17.5 Å². The minimum atomic E-state index is 0.438. The van der Waals surface area contributed by atoms with Gasteiger partial charge in [0.2, 0.25) is 0 Å². The Hall–Kier alpha value is -0.470. The molecule has 2 unspecified atom stereocenters. The third kappa shape index (κ3) is 3.17. The average Bonchev–Trinajstić information content (AvgIpc) is 3.22. The van der Waals surface area contributed by atoms with Gasteiger partial charge in [-0.1, -0.05) is 44.2 Å². The van der Waals surface area contributed by atoms with Crippen LogP contribution in [0.5, 0.6) is 0 Å². The molecule has 1 saturated carbocycles. The van der Waals surface area contributed by atoms with E-state index >= 15 is 0 Å². The van der Waals surface area contributed by atoms with Crippen molar-refractivity contribution in [1.29, 1.82) is 0 Å². The molecule has 0 radical (unpaired) electrons. The van der Waals surface area contributed by atoms with E-state index in [-0.39, 0.29) is 0 Å². The van der Waals surface area contributed by atoms with E-state index in [1.54, 1.807) is 0 Å². The molecule has 1 aliphatic carbocycles. The van der Waals surface area contributed by atoms with Crippen LogP contribution >= 0.6 is 11.8 Å². The summed E-state index contributed by atoms with van der Waals surface area (Å²) in [6.45, 7) is 4.86. The first-order valence-electron chi connectivity index (χ1n) is 7.55. The Morgan fingerprint density at radius 2 is 1.95 bits per heavy atom. The molecule has 104 valence electrons. The molecule has 1 saturated heterocycles. The molecule has 1 N–H and O–H groups in total. The fourth-order valence-corrected chi connectivity index (χ4v) is 4.64. The van der Waals surface area contributed by atoms with Gasteiger partial charge in [0.05, 0.1) is 0 Å². The number of hydrogen-bond donors (Lipinski definition) is 1. The van der Waals surface area contributed by atoms with Gasteiger partial charge in [0, 0.05) is 17.8 Å². The van der Waals surface area contributed by atoms with E-state index in [1.807, 2.05) is 0 Å². The largest absolute Gasteiger partial charge is 0.306 e. The monoisotopic (exact) mass is 275 g/mol. The molecular weight excluding hydrogens is 250 g/mol. The molecule has 1 aromatic rings. The van der Waals surface area contributed by atoms with Crippen molar-refractivity contribution in [2.75, 3.05) is 11.5 Å². The number of rotatable bonds is 4. The molecular formula is C17H25NS. The fourth-order valence-electron chi connectivity index (χ4n) is 3.02. The van der Waals surface area contributed by atoms with Gasteiger partial charge in [-0.2, -0.15) is 11.8 Å². The SMILES string of the molecule is CC1(C)CCSCC1NC(c1ccccc1)C1CC1. The minimum Gasteiger partial charge on any atom is -0.306 e. The van der Waals surface area contributed by atoms with Crippen molar-refractivity contribution in [2.45, 2.75) is 45.2 Å². The number of nitrogens with one attached hydrogen (secondary N) is 1. The molecule has 0 amide bonds. The van der Waals surface area contributed by atoms with Gasteiger partial charge in [-0.25, -0.2) is 0 Å². The van der Waals surface area contributed by atoms with Gasteiger partial charge in [-0.15, -0.1) is 0 Å². The Morgan fingerprint density at radius 3 is 2.58 bits per heavy atom. The third-order valence-electron chi connectivity index (χ3n) is 4.75. The first-order valence-corrected chi connectivity index (χ1v) is 8.71. The Kier molecular flexibility index (Phi) is 3.91. The van der Waals surface area contributed by atoms with Crippen LogP contribution in [0.15, 0.2) is 30.3 Å². The lowest BCUT2D eigenvalue weighted by atomic mass is 9.81. The number of thioether (sulfide) groups is 1. The Balaban J connectivity index is 1.75. The summed E-state index contributed by atoms with van der Waals surface area (Å²) in [5.74, 6) is 3.46. The maximum atomic E-state index is 4.00. The first-order chi connectivity index (χ1) is 9.17. The summed E-state index contributed by atoms with van der Waals surface area (Å²) < 4.78 is 0. The molecule has 2 atom stereocenters. The molecule has 19 heavy (non-hydrogen) atoms. The zero-order valence-corrected chi connectivity index (χ0v) is 12.9. The molecule has 0 bridgehead atoms. The van der Waals surface area contributed by atoms with Crippen molar-refractivity contribution in [3.8, 4) is 0 Å². The molecule has 1 heterocycles. The zero-order valence-electron chi connectivity index (χ0n) is 12.1. The van der Waals surface area contributed by atoms with Crippen LogP contribution in [0.2, 0.25) is 0 Å². The number of benzene rings is 1. The van der Waals surface area contributed by atoms with Crippen LogP contribution in [0, 0.1) is 11.3 Å². The fraction of sp³-hybridized carbons (Fsp3) is 0.647. The summed E-state index contributed by atoms with van der Waals surface area (Å²) in [4.78, 5) is 0. The highest BCUT2D eigenvalue weighted by molar-refractivity contribution is 7.99. The summed E-state index contributed by atoms with van der Waals surface area (Å²) >= 11 is 2.11. The molecule has 1 aliphatic heterocycles. The number of hydrogen-bond acceptors (Lipinski definition) is 2. The van der Waals surface area contributed by atoms with Crippen LogP contribution in [0.25, 0.3) is 0 Å². The normalized spacial score (nSPS) is 28.0. The predicted octanol–water partition coefficient (Wildman–Crippen LogP) is 4.26. The van der Waals surface area contributed by atoms with Gasteiger partial charge in [0.25, 0.3) is 0 Å². The van der Waals surface area contributed by atoms with Gasteiger partial charge in [0.1, 0.15) is 0 Å². The van der Waals surface area contributed by atoms with Crippen molar-refractivity contribution >= 4 is 11.8 Å². The maximum Gasteiger partial charge on any atom is 0.0351 e. The van der Waals surface area contributed by atoms with Crippen molar-refractivity contribution in [2.24, 2.45) is 11.3 Å². The Labute approximate surface area is 121 Å². The summed E-state index contributed by atoms with van der Waals surface area (Å²) in [5.41, 5.74) is 1.92.